The van der Waals surface area contributed by atoms with E-state index in [2.05, 4.69) is 20.8 Å². The van der Waals surface area contributed by atoms with Gasteiger partial charge in [0.15, 0.2) is 0 Å². The molecule has 8 heavy (non-hydrogen) atoms. The van der Waals surface area contributed by atoms with Crippen LogP contribution in [0.2, 0.25) is 0 Å². The van der Waals surface area contributed by atoms with E-state index >= 15 is 0 Å². The Kier molecular flexibility index (Phi) is 13.4. The minimum atomic E-state index is -2.22. The van der Waals surface area contributed by atoms with E-state index in [0.717, 1.165) is 5.92 Å². The molecule has 0 aromatic rings. The number of hydrogen-bond acceptors (Lipinski definition) is 0. The Labute approximate surface area is 69.4 Å². The van der Waals surface area contributed by atoms with Crippen molar-refractivity contribution in [3.8, 4) is 0 Å². The second kappa shape index (κ2) is 8.67. The van der Waals surface area contributed by atoms with Gasteiger partial charge in [0.1, 0.15) is 0 Å². The molecule has 0 saturated carbocycles. The molecule has 0 radical (unpaired) electrons. The van der Waals surface area contributed by atoms with Crippen LogP contribution in [-0.2, 0) is 0 Å². The molecular weight excluding hydrogens is 273 g/mol. The Bertz CT molecular complexity index is 26.8. The van der Waals surface area contributed by atoms with Crippen molar-refractivity contribution in [2.75, 3.05) is 0 Å². The third-order valence-electron chi connectivity index (χ3n) is 0. The molecule has 0 N–H and O–H groups in total. The van der Waals surface area contributed by atoms with Gasteiger partial charge in [-0.3, -0.25) is 0 Å². The first-order valence-corrected chi connectivity index (χ1v) is 14.9. The molecule has 0 nitrogen and oxygen atoms in total. The Morgan fingerprint density at radius 1 is 1.00 bits per heavy atom. The van der Waals surface area contributed by atoms with Gasteiger partial charge in [0.2, 0.25) is 0 Å². The van der Waals surface area contributed by atoms with Crippen molar-refractivity contribution in [1.82, 2.24) is 0 Å². The zero-order valence-electron chi connectivity index (χ0n) is 5.29. The molecular formula is C4H11Cl3Sn. The van der Waals surface area contributed by atoms with Crippen LogP contribution in [0.15, 0.2) is 0 Å². The first-order valence-electron chi connectivity index (χ1n) is 2.39. The molecule has 0 atom stereocenters. The summed E-state index contributed by atoms with van der Waals surface area (Å²) < 4.78 is 0. The van der Waals surface area contributed by atoms with Crippen LogP contribution in [0.5, 0.6) is 0 Å². The fraction of sp³-hybridized carbons (Fsp3) is 1.00. The van der Waals surface area contributed by atoms with Crippen molar-refractivity contribution in [3.05, 3.63) is 0 Å². The van der Waals surface area contributed by atoms with Crippen LogP contribution in [0.25, 0.3) is 0 Å². The number of halogens is 3. The van der Waals surface area contributed by atoms with Crippen LogP contribution in [0.1, 0.15) is 20.8 Å². The second-order valence-electron chi connectivity index (χ2n) is 1.98. The normalized spacial score (nSPS) is 9.00. The van der Waals surface area contributed by atoms with Crippen LogP contribution in [-0.4, -0.2) is 16.4 Å². The topological polar surface area (TPSA) is 0 Å². The summed E-state index contributed by atoms with van der Waals surface area (Å²) in [5.41, 5.74) is 0. The van der Waals surface area contributed by atoms with E-state index in [1.807, 2.05) is 0 Å². The van der Waals surface area contributed by atoms with Crippen LogP contribution in [0.3, 0.4) is 0 Å². The summed E-state index contributed by atoms with van der Waals surface area (Å²) in [5, 5.41) is 0. The molecule has 0 spiro atoms. The zero-order valence-corrected chi connectivity index (χ0v) is 10.9. The standard InChI is InChI=1S/C4H10.3ClH.Sn.H/c1-4(2)3;;;;;/h4H,1-3H3;3*1H;;/q;;;;+3;/p-3. The van der Waals surface area contributed by atoms with Crippen molar-refractivity contribution in [3.63, 3.8) is 0 Å². The molecule has 4 heteroatoms. The van der Waals surface area contributed by atoms with Gasteiger partial charge in [0.05, 0.1) is 0 Å². The summed E-state index contributed by atoms with van der Waals surface area (Å²) in [5.74, 6) is 0.833. The summed E-state index contributed by atoms with van der Waals surface area (Å²) in [7, 11) is 15.0. The van der Waals surface area contributed by atoms with Crippen molar-refractivity contribution in [1.29, 1.82) is 0 Å². The van der Waals surface area contributed by atoms with Gasteiger partial charge in [0, 0.05) is 0 Å². The SMILES string of the molecule is CC(C)C.[Cl][SnH]([Cl])[Cl]. The van der Waals surface area contributed by atoms with Gasteiger partial charge in [-0.05, 0) is 5.92 Å². The molecule has 0 saturated heterocycles. The Balaban J connectivity index is 0. The Morgan fingerprint density at radius 2 is 1.00 bits per heavy atom. The molecule has 0 aromatic carbocycles. The van der Waals surface area contributed by atoms with E-state index in [1.54, 1.807) is 0 Å². The van der Waals surface area contributed by atoms with Crippen molar-refractivity contribution in [2.24, 2.45) is 5.92 Å². The summed E-state index contributed by atoms with van der Waals surface area (Å²) >= 11 is -2.22. The molecule has 0 heterocycles. The van der Waals surface area contributed by atoms with Crippen LogP contribution in [0, 0.1) is 5.92 Å². The Hall–Kier alpha value is 1.67. The van der Waals surface area contributed by atoms with Gasteiger partial charge in [-0.25, -0.2) is 0 Å². The Morgan fingerprint density at radius 3 is 1.00 bits per heavy atom. The molecule has 0 aliphatic carbocycles. The van der Waals surface area contributed by atoms with Crippen LogP contribution >= 0.6 is 26.8 Å². The van der Waals surface area contributed by atoms with E-state index < -0.39 is 16.4 Å². The van der Waals surface area contributed by atoms with Crippen molar-refractivity contribution < 1.29 is 0 Å². The third kappa shape index (κ3) is 122. The van der Waals surface area contributed by atoms with E-state index in [1.165, 1.54) is 0 Å². The predicted molar refractivity (Wildman–Crippen MR) is 45.2 cm³/mol. The molecule has 0 rings (SSSR count). The van der Waals surface area contributed by atoms with Gasteiger partial charge in [-0.2, -0.15) is 0 Å². The fourth-order valence-electron chi connectivity index (χ4n) is 0. The zero-order chi connectivity index (χ0) is 7.15. The van der Waals surface area contributed by atoms with Crippen molar-refractivity contribution >= 4 is 43.1 Å². The minimum absolute atomic E-state index is 0.833. The van der Waals surface area contributed by atoms with Crippen LogP contribution in [0.4, 0.5) is 0 Å². The molecule has 0 amide bonds. The van der Waals surface area contributed by atoms with E-state index in [9.17, 15) is 0 Å². The second-order valence-corrected chi connectivity index (χ2v) is 16.7. The summed E-state index contributed by atoms with van der Waals surface area (Å²) in [6.07, 6.45) is 0. The molecule has 0 fully saturated rings. The van der Waals surface area contributed by atoms with E-state index in [-0.39, 0.29) is 0 Å². The average molecular weight is 284 g/mol. The fourth-order valence-corrected chi connectivity index (χ4v) is 0. The first kappa shape index (κ1) is 12.4. The van der Waals surface area contributed by atoms with Gasteiger partial charge >= 0.3 is 43.1 Å². The molecule has 52 valence electrons. The van der Waals surface area contributed by atoms with Crippen molar-refractivity contribution in [2.45, 2.75) is 20.8 Å². The predicted octanol–water partition coefficient (Wildman–Crippen LogP) is 3.08. The summed E-state index contributed by atoms with van der Waals surface area (Å²) in [6.45, 7) is 6.50. The monoisotopic (exact) mass is 284 g/mol. The quantitative estimate of drug-likeness (QED) is 0.600. The van der Waals surface area contributed by atoms with Crippen LogP contribution < -0.4 is 0 Å². The van der Waals surface area contributed by atoms with E-state index in [4.69, 9.17) is 26.8 Å². The van der Waals surface area contributed by atoms with E-state index in [0.29, 0.717) is 0 Å². The molecule has 0 bridgehead atoms. The summed E-state index contributed by atoms with van der Waals surface area (Å²) in [4.78, 5) is 0. The maximum atomic E-state index is 5.02. The average Bonchev–Trinajstić information content (AvgIpc) is 1.25. The first-order chi connectivity index (χ1) is 3.46. The van der Waals surface area contributed by atoms with Gasteiger partial charge in [-0.1, -0.05) is 20.8 Å². The summed E-state index contributed by atoms with van der Waals surface area (Å²) in [6, 6.07) is 0. The molecule has 0 aromatic heterocycles. The van der Waals surface area contributed by atoms with Gasteiger partial charge < -0.3 is 0 Å². The molecule has 0 unspecified atom stereocenters. The number of hydrogen-bond donors (Lipinski definition) is 0. The number of rotatable bonds is 0. The molecule has 0 aliphatic rings. The molecule has 0 aliphatic heterocycles. The van der Waals surface area contributed by atoms with Gasteiger partial charge in [0.25, 0.3) is 0 Å². The third-order valence-corrected chi connectivity index (χ3v) is 0. The van der Waals surface area contributed by atoms with Gasteiger partial charge in [-0.15, -0.1) is 0 Å². The maximum absolute atomic E-state index is 5.02.